The molecule has 1 aromatic heterocycles. The highest BCUT2D eigenvalue weighted by Gasteiger charge is 2.29. The Hall–Kier alpha value is -1.56. The molecule has 0 aliphatic carbocycles. The third kappa shape index (κ3) is 4.20. The first-order valence-electron chi connectivity index (χ1n) is 7.36. The average Bonchev–Trinajstić information content (AvgIpc) is 2.94. The molecule has 0 aromatic carbocycles. The highest BCUT2D eigenvalue weighted by atomic mass is 16.5. The van der Waals surface area contributed by atoms with Gasteiger partial charge in [-0.1, -0.05) is 5.16 Å². The first-order valence-corrected chi connectivity index (χ1v) is 7.36. The van der Waals surface area contributed by atoms with Crippen LogP contribution in [0.15, 0.2) is 4.52 Å². The van der Waals surface area contributed by atoms with Gasteiger partial charge in [0.1, 0.15) is 5.76 Å². The quantitative estimate of drug-likeness (QED) is 0.929. The number of ether oxygens (including phenoxy) is 1. The molecule has 6 nitrogen and oxygen atoms in total. The van der Waals surface area contributed by atoms with Crippen molar-refractivity contribution in [2.75, 3.05) is 13.1 Å². The number of carbonyl (C=O) groups excluding carboxylic acids is 1. The summed E-state index contributed by atoms with van der Waals surface area (Å²) in [6.07, 6.45) is 0.936. The molecular weight excluding hydrogens is 270 g/mol. The van der Waals surface area contributed by atoms with Crippen molar-refractivity contribution in [3.63, 3.8) is 0 Å². The van der Waals surface area contributed by atoms with Gasteiger partial charge in [-0.2, -0.15) is 0 Å². The van der Waals surface area contributed by atoms with Crippen LogP contribution in [-0.4, -0.2) is 40.8 Å². The fraction of sp³-hybridized carbons (Fsp3) is 0.733. The fourth-order valence-corrected chi connectivity index (χ4v) is 2.36. The molecule has 1 atom stereocenters. The summed E-state index contributed by atoms with van der Waals surface area (Å²) < 4.78 is 11.0. The second-order valence-electron chi connectivity index (χ2n) is 6.65. The summed E-state index contributed by atoms with van der Waals surface area (Å²) in [6, 6.07) is -0.0223. The molecule has 1 saturated heterocycles. The number of nitrogens with one attached hydrogen (secondary N) is 1. The number of hydrogen-bond donors (Lipinski definition) is 1. The van der Waals surface area contributed by atoms with Gasteiger partial charge in [-0.25, -0.2) is 4.79 Å². The maximum Gasteiger partial charge on any atom is 0.317 e. The first kappa shape index (κ1) is 15.8. The lowest BCUT2D eigenvalue weighted by atomic mass is 10.1. The van der Waals surface area contributed by atoms with Crippen molar-refractivity contribution in [1.82, 2.24) is 15.4 Å². The molecule has 2 rings (SSSR count). The van der Waals surface area contributed by atoms with E-state index in [0.717, 1.165) is 30.0 Å². The van der Waals surface area contributed by atoms with Crippen LogP contribution in [0.1, 0.15) is 44.2 Å². The molecular formula is C15H25N3O3. The second-order valence-corrected chi connectivity index (χ2v) is 6.65. The Labute approximate surface area is 125 Å². The fourth-order valence-electron chi connectivity index (χ4n) is 2.36. The van der Waals surface area contributed by atoms with Gasteiger partial charge in [0.15, 0.2) is 0 Å². The zero-order valence-electron chi connectivity index (χ0n) is 13.5. The molecule has 2 amide bonds. The van der Waals surface area contributed by atoms with Gasteiger partial charge in [-0.3, -0.25) is 0 Å². The predicted octanol–water partition coefficient (Wildman–Crippen LogP) is 2.39. The van der Waals surface area contributed by atoms with E-state index in [1.807, 2.05) is 39.5 Å². The molecule has 1 fully saturated rings. The Morgan fingerprint density at radius 3 is 2.76 bits per heavy atom. The Morgan fingerprint density at radius 2 is 2.19 bits per heavy atom. The number of carbonyl (C=O) groups is 1. The van der Waals surface area contributed by atoms with E-state index in [0.29, 0.717) is 13.2 Å². The van der Waals surface area contributed by atoms with Crippen LogP contribution in [0.2, 0.25) is 0 Å². The van der Waals surface area contributed by atoms with Crippen molar-refractivity contribution in [3.8, 4) is 0 Å². The summed E-state index contributed by atoms with van der Waals surface area (Å²) >= 11 is 0. The van der Waals surface area contributed by atoms with Gasteiger partial charge >= 0.3 is 6.03 Å². The van der Waals surface area contributed by atoms with Crippen molar-refractivity contribution in [2.45, 2.75) is 59.3 Å². The van der Waals surface area contributed by atoms with Crippen LogP contribution >= 0.6 is 0 Å². The third-order valence-electron chi connectivity index (χ3n) is 3.56. The highest BCUT2D eigenvalue weighted by molar-refractivity contribution is 5.75. The highest BCUT2D eigenvalue weighted by Crippen LogP contribution is 2.18. The van der Waals surface area contributed by atoms with Gasteiger partial charge in [0.25, 0.3) is 0 Å². The van der Waals surface area contributed by atoms with Crippen LogP contribution in [0.3, 0.4) is 0 Å². The lowest BCUT2D eigenvalue weighted by Gasteiger charge is -2.25. The lowest BCUT2D eigenvalue weighted by Crippen LogP contribution is -2.48. The van der Waals surface area contributed by atoms with E-state index in [4.69, 9.17) is 9.26 Å². The van der Waals surface area contributed by atoms with E-state index >= 15 is 0 Å². The Balaban J connectivity index is 1.82. The molecule has 0 spiro atoms. The second kappa shape index (κ2) is 6.05. The van der Waals surface area contributed by atoms with Gasteiger partial charge in [0.2, 0.25) is 0 Å². The van der Waals surface area contributed by atoms with Crippen LogP contribution in [0, 0.1) is 13.8 Å². The Bertz CT molecular complexity index is 485. The van der Waals surface area contributed by atoms with E-state index in [1.165, 1.54) is 0 Å². The molecule has 0 saturated carbocycles. The number of hydrogen-bond acceptors (Lipinski definition) is 4. The molecule has 1 aliphatic rings. The number of likely N-dealkylation sites (tertiary alicyclic amines) is 1. The number of nitrogens with zero attached hydrogens (tertiary/aromatic N) is 2. The number of aryl methyl sites for hydroxylation is 2. The molecule has 21 heavy (non-hydrogen) atoms. The summed E-state index contributed by atoms with van der Waals surface area (Å²) in [5.41, 5.74) is 1.66. The molecule has 1 aromatic rings. The Morgan fingerprint density at radius 1 is 1.48 bits per heavy atom. The van der Waals surface area contributed by atoms with Crippen molar-refractivity contribution < 1.29 is 14.1 Å². The minimum Gasteiger partial charge on any atom is -0.371 e. The van der Waals surface area contributed by atoms with Gasteiger partial charge in [-0.15, -0.1) is 0 Å². The van der Waals surface area contributed by atoms with Crippen LogP contribution in [-0.2, 0) is 11.3 Å². The minimum atomic E-state index is -0.216. The van der Waals surface area contributed by atoms with Gasteiger partial charge in [0.05, 0.1) is 18.4 Å². The standard InChI is InChI=1S/C15H25N3O3/c1-10-13(11(2)21-17-10)9-20-12-6-7-18(8-12)14(19)16-15(3,4)5/h12H,6-9H2,1-5H3,(H,16,19)/t12-/m0/s1. The maximum atomic E-state index is 12.1. The normalized spacial score (nSPS) is 19.1. The van der Waals surface area contributed by atoms with Gasteiger partial charge in [0, 0.05) is 24.2 Å². The molecule has 1 aliphatic heterocycles. The number of rotatable bonds is 3. The molecule has 2 heterocycles. The topological polar surface area (TPSA) is 67.6 Å². The van der Waals surface area contributed by atoms with Crippen LogP contribution in [0.5, 0.6) is 0 Å². The molecule has 0 unspecified atom stereocenters. The summed E-state index contributed by atoms with van der Waals surface area (Å²) in [4.78, 5) is 13.9. The van der Waals surface area contributed by atoms with Crippen LogP contribution in [0.25, 0.3) is 0 Å². The van der Waals surface area contributed by atoms with E-state index in [9.17, 15) is 4.79 Å². The molecule has 6 heteroatoms. The van der Waals surface area contributed by atoms with E-state index in [1.54, 1.807) is 0 Å². The van der Waals surface area contributed by atoms with E-state index in [2.05, 4.69) is 10.5 Å². The average molecular weight is 295 g/mol. The zero-order valence-corrected chi connectivity index (χ0v) is 13.5. The van der Waals surface area contributed by atoms with Crippen LogP contribution < -0.4 is 5.32 Å². The van der Waals surface area contributed by atoms with Gasteiger partial charge < -0.3 is 19.5 Å². The molecule has 0 radical (unpaired) electrons. The lowest BCUT2D eigenvalue weighted by molar-refractivity contribution is 0.0476. The van der Waals surface area contributed by atoms with Gasteiger partial charge in [-0.05, 0) is 41.0 Å². The van der Waals surface area contributed by atoms with E-state index < -0.39 is 0 Å². The number of amides is 2. The largest absolute Gasteiger partial charge is 0.371 e. The maximum absolute atomic E-state index is 12.1. The first-order chi connectivity index (χ1) is 9.76. The van der Waals surface area contributed by atoms with Crippen LogP contribution in [0.4, 0.5) is 4.79 Å². The third-order valence-corrected chi connectivity index (χ3v) is 3.56. The SMILES string of the molecule is Cc1noc(C)c1CO[C@H]1CCN(C(=O)NC(C)(C)C)C1. The minimum absolute atomic E-state index is 0.0223. The Kier molecular flexibility index (Phi) is 4.56. The van der Waals surface area contributed by atoms with Crippen molar-refractivity contribution >= 4 is 6.03 Å². The van der Waals surface area contributed by atoms with E-state index in [-0.39, 0.29) is 17.7 Å². The summed E-state index contributed by atoms with van der Waals surface area (Å²) in [7, 11) is 0. The summed E-state index contributed by atoms with van der Waals surface area (Å²) in [5, 5.41) is 6.89. The predicted molar refractivity (Wildman–Crippen MR) is 79.0 cm³/mol. The van der Waals surface area contributed by atoms with Crippen molar-refractivity contribution in [2.24, 2.45) is 0 Å². The number of urea groups is 1. The summed E-state index contributed by atoms with van der Waals surface area (Å²) in [6.45, 7) is 11.6. The molecule has 0 bridgehead atoms. The monoisotopic (exact) mass is 295 g/mol. The number of aromatic nitrogens is 1. The summed E-state index contributed by atoms with van der Waals surface area (Å²) in [5.74, 6) is 0.799. The molecule has 118 valence electrons. The van der Waals surface area contributed by atoms with Crippen molar-refractivity contribution in [3.05, 3.63) is 17.0 Å². The smallest absolute Gasteiger partial charge is 0.317 e. The zero-order chi connectivity index (χ0) is 15.6. The van der Waals surface area contributed by atoms with Crippen molar-refractivity contribution in [1.29, 1.82) is 0 Å². The molecule has 1 N–H and O–H groups in total.